The number of fused-ring (bicyclic) bond motifs is 1. The van der Waals surface area contributed by atoms with Crippen LogP contribution < -0.4 is 0 Å². The van der Waals surface area contributed by atoms with Crippen LogP contribution in [0.3, 0.4) is 0 Å². The summed E-state index contributed by atoms with van der Waals surface area (Å²) in [6.45, 7) is 10.4. The van der Waals surface area contributed by atoms with E-state index in [2.05, 4.69) is 61.2 Å². The summed E-state index contributed by atoms with van der Waals surface area (Å²) in [7, 11) is 10.4. The van der Waals surface area contributed by atoms with Crippen molar-refractivity contribution >= 4 is 93.6 Å². The van der Waals surface area contributed by atoms with Crippen LogP contribution in [-0.2, 0) is 0 Å². The van der Waals surface area contributed by atoms with Gasteiger partial charge in [0.2, 0.25) is 0 Å². The van der Waals surface area contributed by atoms with E-state index in [1.54, 1.807) is 87.9 Å². The van der Waals surface area contributed by atoms with Crippen molar-refractivity contribution in [1.29, 1.82) is 0 Å². The van der Waals surface area contributed by atoms with E-state index in [9.17, 15) is 0 Å². The van der Waals surface area contributed by atoms with Crippen molar-refractivity contribution in [3.05, 3.63) is 65.9 Å². The monoisotopic (exact) mass is 726 g/mol. The van der Waals surface area contributed by atoms with Gasteiger partial charge >= 0.3 is 0 Å². The van der Waals surface area contributed by atoms with Crippen LogP contribution in [0.4, 0.5) is 0 Å². The van der Waals surface area contributed by atoms with Gasteiger partial charge in [0.15, 0.2) is 8.68 Å². The average Bonchev–Trinajstić information content (AvgIpc) is 3.69. The van der Waals surface area contributed by atoms with Crippen LogP contribution in [0.1, 0.15) is 43.5 Å². The fraction of sp³-hybridized carbons (Fsp3) is 0.370. The third kappa shape index (κ3) is 13.8. The zero-order chi connectivity index (χ0) is 30.9. The van der Waals surface area contributed by atoms with Gasteiger partial charge in [0.25, 0.3) is 5.78 Å². The quantitative estimate of drug-likeness (QED) is 0.0528. The topological polar surface area (TPSA) is 94.6 Å². The maximum absolute atomic E-state index is 4.33. The normalized spacial score (nSPS) is 10.7. The first-order valence-corrected chi connectivity index (χ1v) is 22.1. The van der Waals surface area contributed by atoms with Crippen LogP contribution in [0, 0.1) is 20.8 Å². The van der Waals surface area contributed by atoms with Crippen LogP contribution in [-0.4, -0.2) is 57.5 Å². The van der Waals surface area contributed by atoms with Crippen molar-refractivity contribution in [2.75, 3.05) is 17.8 Å². The Hall–Kier alpha value is -1.14. The number of nitrogens with zero attached hydrogens (tertiary/aromatic N) is 8. The lowest BCUT2D eigenvalue weighted by molar-refractivity contribution is 0.836. The van der Waals surface area contributed by atoms with E-state index in [-0.39, 0.29) is 0 Å². The first kappa shape index (κ1) is 36.3. The average molecular weight is 727 g/mol. The highest BCUT2D eigenvalue weighted by molar-refractivity contribution is 8.77. The molecule has 0 fully saturated rings. The molecule has 5 rings (SSSR count). The van der Waals surface area contributed by atoms with Crippen LogP contribution in [0.5, 0.6) is 0 Å². The van der Waals surface area contributed by atoms with Crippen LogP contribution in [0.2, 0.25) is 0 Å². The molecule has 0 aliphatic rings. The van der Waals surface area contributed by atoms with Crippen molar-refractivity contribution in [1.82, 2.24) is 39.7 Å². The summed E-state index contributed by atoms with van der Waals surface area (Å²) < 4.78 is 3.89. The van der Waals surface area contributed by atoms with Gasteiger partial charge < -0.3 is 0 Å². The number of aromatic nitrogens is 8. The van der Waals surface area contributed by atoms with E-state index < -0.39 is 0 Å². The minimum Gasteiger partial charge on any atom is -0.249 e. The summed E-state index contributed by atoms with van der Waals surface area (Å²) in [5.74, 6) is 2.95. The van der Waals surface area contributed by atoms with Crippen molar-refractivity contribution < 1.29 is 0 Å². The first-order chi connectivity index (χ1) is 20.9. The predicted octanol–water partition coefficient (Wildman–Crippen LogP) is 9.89. The molecule has 8 nitrogen and oxygen atoms in total. The second-order valence-electron chi connectivity index (χ2n) is 8.51. The summed E-state index contributed by atoms with van der Waals surface area (Å²) in [5, 5.41) is 15.3. The van der Waals surface area contributed by atoms with Gasteiger partial charge in [-0.05, 0) is 106 Å². The smallest absolute Gasteiger partial charge is 0.249 e. The molecule has 0 saturated carbocycles. The lowest BCUT2D eigenvalue weighted by Gasteiger charge is -2.03. The lowest BCUT2D eigenvalue weighted by Crippen LogP contribution is -1.96. The summed E-state index contributed by atoms with van der Waals surface area (Å²) in [6, 6.07) is 10.2. The molecular formula is C27H34N8S8. The van der Waals surface area contributed by atoms with Crippen molar-refractivity contribution in [2.45, 2.75) is 71.2 Å². The Balaban J connectivity index is 0.000000180. The highest BCUT2D eigenvalue weighted by Gasteiger charge is 2.06. The third-order valence-electron chi connectivity index (χ3n) is 4.86. The molecule has 0 saturated heterocycles. The van der Waals surface area contributed by atoms with Gasteiger partial charge in [-0.25, -0.2) is 15.0 Å². The molecule has 0 aromatic carbocycles. The molecule has 0 atom stereocenters. The molecule has 0 bridgehead atoms. The van der Waals surface area contributed by atoms with Crippen molar-refractivity contribution in [2.24, 2.45) is 0 Å². The Labute approximate surface area is 286 Å². The summed E-state index contributed by atoms with van der Waals surface area (Å²) >= 11 is 3.30. The third-order valence-corrected chi connectivity index (χ3v) is 14.1. The molecule has 5 aromatic heterocycles. The Morgan fingerprint density at radius 3 is 2.02 bits per heavy atom. The number of hydrogen-bond donors (Lipinski definition) is 0. The Kier molecular flexibility index (Phi) is 17.6. The van der Waals surface area contributed by atoms with Gasteiger partial charge in [0, 0.05) is 29.6 Å². The van der Waals surface area contributed by atoms with Crippen LogP contribution in [0.25, 0.3) is 5.78 Å². The van der Waals surface area contributed by atoms with E-state index in [0.29, 0.717) is 5.78 Å². The second kappa shape index (κ2) is 20.8. The van der Waals surface area contributed by atoms with Crippen LogP contribution in [0.15, 0.2) is 72.8 Å². The molecule has 43 heavy (non-hydrogen) atoms. The summed E-state index contributed by atoms with van der Waals surface area (Å²) in [4.78, 5) is 17.1. The Morgan fingerprint density at radius 2 is 1.47 bits per heavy atom. The largest absolute Gasteiger partial charge is 0.253 e. The number of aryl methyl sites for hydroxylation is 3. The Morgan fingerprint density at radius 1 is 0.791 bits per heavy atom. The highest BCUT2D eigenvalue weighted by Crippen LogP contribution is 2.36. The molecule has 0 radical (unpaired) electrons. The van der Waals surface area contributed by atoms with Crippen LogP contribution >= 0.6 is 87.9 Å². The fourth-order valence-corrected chi connectivity index (χ4v) is 10.2. The molecule has 230 valence electrons. The molecule has 0 N–H and O–H groups in total. The molecular weight excluding hydrogens is 693 g/mol. The number of thioether (sulfide) groups is 1. The van der Waals surface area contributed by atoms with Gasteiger partial charge in [0.05, 0.1) is 0 Å². The lowest BCUT2D eigenvalue weighted by atomic mass is 10.3. The molecule has 0 spiro atoms. The maximum atomic E-state index is 4.33. The predicted molar refractivity (Wildman–Crippen MR) is 194 cm³/mol. The van der Waals surface area contributed by atoms with E-state index in [1.807, 2.05) is 68.4 Å². The van der Waals surface area contributed by atoms with E-state index in [4.69, 9.17) is 0 Å². The van der Waals surface area contributed by atoms with E-state index >= 15 is 0 Å². The summed E-state index contributed by atoms with van der Waals surface area (Å²) in [6.07, 6.45) is 9.81. The maximum Gasteiger partial charge on any atom is 0.253 e. The molecule has 0 aliphatic carbocycles. The van der Waals surface area contributed by atoms with E-state index in [1.165, 1.54) is 29.7 Å². The Bertz CT molecular complexity index is 1430. The number of rotatable bonds is 12. The number of pyridine rings is 2. The van der Waals surface area contributed by atoms with Crippen molar-refractivity contribution in [3.63, 3.8) is 0 Å². The second-order valence-corrected chi connectivity index (χ2v) is 18.0. The molecule has 0 amide bonds. The van der Waals surface area contributed by atoms with Gasteiger partial charge in [-0.1, -0.05) is 77.1 Å². The number of hydrogen-bond acceptors (Lipinski definition) is 15. The standard InChI is InChI=1S/C12H12N2S2.C10H14N4S2.C5H8N2S4/c1-9-3-5-11(13-7-9)15-16-12-6-4-10(2)8-14-12;1-3-4-5-15-16-9-6-8(2)13-10-11-7-12-14(9)10;1-3-9-11-5-7-6-4(8-2)10-5/h3-8H,1-2H3;6-7H,3-5H2,1-2H3;3H2,1-2H3. The van der Waals surface area contributed by atoms with Crippen molar-refractivity contribution in [3.8, 4) is 0 Å². The molecule has 0 unspecified atom stereocenters. The minimum atomic E-state index is 0.679. The van der Waals surface area contributed by atoms with E-state index in [0.717, 1.165) is 35.2 Å². The van der Waals surface area contributed by atoms with Gasteiger partial charge in [-0.3, -0.25) is 0 Å². The van der Waals surface area contributed by atoms with Gasteiger partial charge in [0.1, 0.15) is 21.4 Å². The minimum absolute atomic E-state index is 0.679. The SMILES string of the molecule is CCCCSSc1cc(C)nc2ncnn12.CCSSc1nnc(SC)s1.Cc1ccc(SSc2ccc(C)cn2)nc1. The molecule has 5 heterocycles. The zero-order valence-electron chi connectivity index (χ0n) is 24.8. The molecule has 0 aliphatic heterocycles. The first-order valence-electron chi connectivity index (χ1n) is 13.3. The zero-order valence-corrected chi connectivity index (χ0v) is 31.3. The summed E-state index contributed by atoms with van der Waals surface area (Å²) in [5.41, 5.74) is 3.35. The fourth-order valence-electron chi connectivity index (χ4n) is 2.78. The number of unbranched alkanes of at least 4 members (excludes halogenated alkanes) is 1. The van der Waals surface area contributed by atoms with Gasteiger partial charge in [-0.15, -0.1) is 10.2 Å². The highest BCUT2D eigenvalue weighted by atomic mass is 33.1. The van der Waals surface area contributed by atoms with Gasteiger partial charge in [-0.2, -0.15) is 14.6 Å². The molecule has 5 aromatic rings. The molecule has 16 heteroatoms.